The lowest BCUT2D eigenvalue weighted by Gasteiger charge is -2.35. The molecule has 0 bridgehead atoms. The summed E-state index contributed by atoms with van der Waals surface area (Å²) in [4.78, 5) is 0. The number of fused-ring (bicyclic) bond motifs is 4. The summed E-state index contributed by atoms with van der Waals surface area (Å²) in [6.07, 6.45) is 0.993. The largest absolute Gasteiger partial charge is 0.647 e. The van der Waals surface area contributed by atoms with Crippen LogP contribution in [0.1, 0.15) is 233 Å². The van der Waals surface area contributed by atoms with E-state index in [9.17, 15) is 0 Å². The van der Waals surface area contributed by atoms with Gasteiger partial charge in [0.05, 0.1) is 0 Å². The highest BCUT2D eigenvalue weighted by atomic mass is 31.2. The monoisotopic (exact) mass is 1040 g/mol. The third-order valence-electron chi connectivity index (χ3n) is 13.4. The highest BCUT2D eigenvalue weighted by molar-refractivity contribution is 7.51. The van der Waals surface area contributed by atoms with Crippen molar-refractivity contribution in [2.24, 2.45) is 0 Å². The van der Waals surface area contributed by atoms with Gasteiger partial charge >= 0.3 is 47.4 Å². The Hall–Kier alpha value is -2.52. The maximum Gasteiger partial charge on any atom is 0.647 e. The smallest absolute Gasteiger partial charge is 0.602 e. The summed E-state index contributed by atoms with van der Waals surface area (Å²) in [6.45, 7) is 52.0. The Balaban J connectivity index is 1.43. The SMILES string of the molecule is CC(C)(C)c1cc2c(c(C(C)(C)C)c1)OP(=O)([O][Al][O][Al][O]P1(=O)Oc3c(cc(C(C)(C)C)cc3C(C)(C)C)Cc3cc(C(C)(C)C)cc(C(C)(C)C)c3O1)Oc1c(cc(C(C)(C)C)cc1C(C)(C)C)C2. The van der Waals surface area contributed by atoms with E-state index in [2.05, 4.69) is 215 Å². The molecule has 4 aromatic rings. The summed E-state index contributed by atoms with van der Waals surface area (Å²) >= 11 is -3.11. The van der Waals surface area contributed by atoms with E-state index in [0.717, 1.165) is 66.8 Å². The van der Waals surface area contributed by atoms with E-state index in [1.54, 1.807) is 0 Å². The second kappa shape index (κ2) is 19.2. The molecule has 0 unspecified atom stereocenters. The molecule has 386 valence electrons. The van der Waals surface area contributed by atoms with E-state index in [1.807, 2.05) is 0 Å². The first-order chi connectivity index (χ1) is 31.9. The fraction of sp³-hybridized carbons (Fsp3) is 0.586. The first-order valence-electron chi connectivity index (χ1n) is 25.3. The Bertz CT molecular complexity index is 2410. The summed E-state index contributed by atoms with van der Waals surface area (Å²) in [5, 5.41) is 0. The van der Waals surface area contributed by atoms with Crippen LogP contribution in [0.4, 0.5) is 0 Å². The second-order valence-corrected chi connectivity index (χ2v) is 33.9. The first-order valence-corrected chi connectivity index (χ1v) is 30.1. The maximum atomic E-state index is 15.5. The van der Waals surface area contributed by atoms with Gasteiger partial charge in [-0.25, -0.2) is 9.13 Å². The second-order valence-electron chi connectivity index (χ2n) is 28.2. The zero-order valence-corrected chi connectivity index (χ0v) is 51.9. The Kier molecular flexibility index (Phi) is 15.7. The van der Waals surface area contributed by atoms with Gasteiger partial charge in [0.2, 0.25) is 0 Å². The maximum absolute atomic E-state index is 15.5. The van der Waals surface area contributed by atoms with Crippen molar-refractivity contribution in [3.05, 3.63) is 115 Å². The zero-order chi connectivity index (χ0) is 53.7. The van der Waals surface area contributed by atoms with Crippen molar-refractivity contribution in [2.45, 2.75) is 222 Å². The molecule has 0 aliphatic carbocycles. The van der Waals surface area contributed by atoms with Gasteiger partial charge in [0.1, 0.15) is 23.0 Å². The first kappa shape index (κ1) is 57.8. The molecule has 0 saturated heterocycles. The molecule has 2 aliphatic heterocycles. The topological polar surface area (TPSA) is 98.8 Å². The third kappa shape index (κ3) is 13.3. The minimum Gasteiger partial charge on any atom is -0.602 e. The van der Waals surface area contributed by atoms with Crippen molar-refractivity contribution in [3.8, 4) is 23.0 Å². The van der Waals surface area contributed by atoms with Gasteiger partial charge in [-0.3, -0.25) is 0 Å². The quantitative estimate of drug-likeness (QED) is 0.106. The number of phosphoric ester groups is 2. The van der Waals surface area contributed by atoms with Crippen molar-refractivity contribution < 1.29 is 37.2 Å². The predicted octanol–water partition coefficient (Wildman–Crippen LogP) is 16.8. The molecule has 9 nitrogen and oxygen atoms in total. The number of benzene rings is 4. The fourth-order valence-corrected chi connectivity index (χ4v) is 13.7. The van der Waals surface area contributed by atoms with Gasteiger partial charge in [-0.15, -0.1) is 0 Å². The minimum atomic E-state index is -4.49. The van der Waals surface area contributed by atoms with Crippen LogP contribution < -0.4 is 18.1 Å². The normalized spacial score (nSPS) is 16.5. The molecule has 0 amide bonds. The Labute approximate surface area is 442 Å². The fourth-order valence-electron chi connectivity index (χ4n) is 8.83. The van der Waals surface area contributed by atoms with Crippen molar-refractivity contribution in [1.82, 2.24) is 0 Å². The number of rotatable bonds is 6. The van der Waals surface area contributed by atoms with Gasteiger partial charge < -0.3 is 28.1 Å². The molecule has 0 spiro atoms. The Morgan fingerprint density at radius 3 is 0.704 bits per heavy atom. The predicted molar refractivity (Wildman–Crippen MR) is 293 cm³/mol. The van der Waals surface area contributed by atoms with Gasteiger partial charge in [0.25, 0.3) is 0 Å². The average molecular weight is 1040 g/mol. The third-order valence-corrected chi connectivity index (χ3v) is 18.7. The average Bonchev–Trinajstić information content (AvgIpc) is 3.15. The molecule has 71 heavy (non-hydrogen) atoms. The molecule has 2 radical (unpaired) electrons. The van der Waals surface area contributed by atoms with Crippen LogP contribution in [0.15, 0.2) is 48.5 Å². The van der Waals surface area contributed by atoms with E-state index in [0.29, 0.717) is 35.8 Å². The van der Waals surface area contributed by atoms with Crippen LogP contribution in [0.2, 0.25) is 0 Å². The molecule has 0 fully saturated rings. The van der Waals surface area contributed by atoms with Gasteiger partial charge in [-0.2, -0.15) is 0 Å². The van der Waals surface area contributed by atoms with Gasteiger partial charge in [-0.1, -0.05) is 215 Å². The van der Waals surface area contributed by atoms with Crippen molar-refractivity contribution in [2.75, 3.05) is 0 Å². The molecule has 0 N–H and O–H groups in total. The minimum absolute atomic E-state index is 0.176. The Morgan fingerprint density at radius 1 is 0.338 bits per heavy atom. The lowest BCUT2D eigenvalue weighted by molar-refractivity contribution is 0.267. The highest BCUT2D eigenvalue weighted by Crippen LogP contribution is 2.59. The van der Waals surface area contributed by atoms with Crippen LogP contribution >= 0.6 is 15.6 Å². The summed E-state index contributed by atoms with van der Waals surface area (Å²) in [7, 11) is -8.99. The van der Waals surface area contributed by atoms with Crippen molar-refractivity contribution in [3.63, 3.8) is 0 Å². The molecule has 0 atom stereocenters. The van der Waals surface area contributed by atoms with Crippen LogP contribution in [-0.4, -0.2) is 31.8 Å². The van der Waals surface area contributed by atoms with Crippen LogP contribution in [-0.2, 0) is 75.3 Å². The van der Waals surface area contributed by atoms with E-state index < -0.39 is 69.1 Å². The zero-order valence-electron chi connectivity index (χ0n) is 47.8. The lowest BCUT2D eigenvalue weighted by Crippen LogP contribution is -2.24. The van der Waals surface area contributed by atoms with Crippen LogP contribution in [0.5, 0.6) is 23.0 Å². The van der Waals surface area contributed by atoms with Crippen LogP contribution in [0.3, 0.4) is 0 Å². The summed E-state index contributed by atoms with van der Waals surface area (Å²) in [5.74, 6) is 1.92. The number of hydrogen-bond donors (Lipinski definition) is 0. The van der Waals surface area contributed by atoms with Gasteiger partial charge in [0.15, 0.2) is 0 Å². The van der Waals surface area contributed by atoms with Crippen LogP contribution in [0, 0.1) is 0 Å². The molecule has 4 aromatic carbocycles. The molecule has 0 saturated carbocycles. The van der Waals surface area contributed by atoms with Crippen LogP contribution in [0.25, 0.3) is 0 Å². The van der Waals surface area contributed by atoms with Gasteiger partial charge in [0, 0.05) is 35.1 Å². The standard InChI is InChI=1S/2C29H43O4P.2Al.O/c2*1-26(2,3)20-14-18-13-19-15-21(27(4,5)6)17-23(29(10,11)12)25(19)33-34(30,31)32-24(18)22(16-20)28(7,8)9;;;/h2*14-17H,13H2,1-12H3,(H,30,31);;;/q;;2*+1;/p-2. The lowest BCUT2D eigenvalue weighted by atomic mass is 9.76. The van der Waals surface area contributed by atoms with E-state index in [4.69, 9.17) is 28.1 Å². The highest BCUT2D eigenvalue weighted by Gasteiger charge is 2.43. The van der Waals surface area contributed by atoms with E-state index >= 15 is 9.13 Å². The van der Waals surface area contributed by atoms with Crippen molar-refractivity contribution >= 4 is 47.4 Å². The number of hydrogen-bond acceptors (Lipinski definition) is 9. The molecule has 13 heteroatoms. The summed E-state index contributed by atoms with van der Waals surface area (Å²) < 4.78 is 76.5. The van der Waals surface area contributed by atoms with Gasteiger partial charge in [-0.05, 0) is 87.8 Å². The molecule has 2 heterocycles. The van der Waals surface area contributed by atoms with Crippen molar-refractivity contribution in [1.29, 1.82) is 0 Å². The molecule has 2 aliphatic rings. The Morgan fingerprint density at radius 2 is 0.535 bits per heavy atom. The molecule has 0 aromatic heterocycles. The molecular formula is C58H84Al2O9P2. The summed E-state index contributed by atoms with van der Waals surface area (Å²) in [5.41, 5.74) is 9.49. The van der Waals surface area contributed by atoms with E-state index in [1.165, 1.54) is 0 Å². The molecular weight excluding hydrogens is 957 g/mol. The molecule has 6 rings (SSSR count). The van der Waals surface area contributed by atoms with E-state index in [-0.39, 0.29) is 21.7 Å². The summed E-state index contributed by atoms with van der Waals surface area (Å²) in [6, 6.07) is 17.4. The number of phosphoric acid groups is 2.